The molecule has 3 atom stereocenters. The van der Waals surface area contributed by atoms with Gasteiger partial charge in [0.15, 0.2) is 16.6 Å². The first kappa shape index (κ1) is 24.8. The first-order chi connectivity index (χ1) is 13.4. The molecule has 2 rings (SSSR count). The van der Waals surface area contributed by atoms with E-state index in [1.807, 2.05) is 0 Å². The predicted molar refractivity (Wildman–Crippen MR) is 126 cm³/mol. The Balaban J connectivity index is 2.52. The Morgan fingerprint density at radius 2 is 1.57 bits per heavy atom. The van der Waals surface area contributed by atoms with Crippen LogP contribution in [-0.4, -0.2) is 38.4 Å². The highest BCUT2D eigenvalue weighted by Gasteiger charge is 2.52. The second-order valence-electron chi connectivity index (χ2n) is 11.2. The van der Waals surface area contributed by atoms with Crippen LogP contribution in [0.3, 0.4) is 0 Å². The molecule has 0 saturated carbocycles. The summed E-state index contributed by atoms with van der Waals surface area (Å²) < 4.78 is 21.0. The van der Waals surface area contributed by atoms with Gasteiger partial charge in [0.05, 0.1) is 0 Å². The monoisotopic (exact) mass is 453 g/mol. The lowest BCUT2D eigenvalue weighted by Gasteiger charge is -2.43. The lowest BCUT2D eigenvalue weighted by atomic mass is 10.2. The molecule has 2 heterocycles. The Kier molecular flexibility index (Phi) is 6.56. The Bertz CT molecular complexity index is 853. The molecule has 0 aromatic carbocycles. The molecule has 30 heavy (non-hydrogen) atoms. The van der Waals surface area contributed by atoms with Crippen molar-refractivity contribution >= 4 is 22.5 Å². The third kappa shape index (κ3) is 4.90. The van der Waals surface area contributed by atoms with Gasteiger partial charge in [-0.25, -0.2) is 4.79 Å². The van der Waals surface area contributed by atoms with Crippen LogP contribution in [0.5, 0.6) is 0 Å². The van der Waals surface area contributed by atoms with Crippen LogP contribution < -0.4 is 11.4 Å². The topological polar surface area (TPSA) is 88.6 Å². The van der Waals surface area contributed by atoms with Gasteiger partial charge in [0, 0.05) is 6.20 Å². The van der Waals surface area contributed by atoms with Crippen molar-refractivity contribution in [2.75, 3.05) is 5.73 Å². The van der Waals surface area contributed by atoms with Gasteiger partial charge in [-0.05, 0) is 42.3 Å². The number of nitrogens with two attached hydrogens (primary N) is 1. The summed E-state index contributed by atoms with van der Waals surface area (Å²) in [6.45, 7) is 26.0. The minimum Gasteiger partial charge on any atom is -0.469 e. The molecule has 1 fully saturated rings. The zero-order chi connectivity index (χ0) is 23.3. The largest absolute Gasteiger partial charge is 0.469 e. The number of hydrogen-bond acceptors (Lipinski definition) is 6. The Morgan fingerprint density at radius 1 is 1.07 bits per heavy atom. The minimum atomic E-state index is -2.21. The minimum absolute atomic E-state index is 0.00643. The normalized spacial score (nSPS) is 23.5. The van der Waals surface area contributed by atoms with E-state index in [1.54, 1.807) is 12.3 Å². The highest BCUT2D eigenvalue weighted by atomic mass is 28.4. The fourth-order valence-corrected chi connectivity index (χ4v) is 5.25. The lowest BCUT2D eigenvalue weighted by molar-refractivity contribution is -0.00637. The van der Waals surface area contributed by atoms with Gasteiger partial charge in [0.2, 0.25) is 6.23 Å². The molecule has 0 unspecified atom stereocenters. The van der Waals surface area contributed by atoms with Crippen LogP contribution >= 0.6 is 0 Å². The van der Waals surface area contributed by atoms with Crippen molar-refractivity contribution in [3.05, 3.63) is 35.1 Å². The van der Waals surface area contributed by atoms with E-state index in [1.165, 1.54) is 4.57 Å². The van der Waals surface area contributed by atoms with Crippen molar-refractivity contribution in [2.24, 2.45) is 0 Å². The molecule has 1 saturated heterocycles. The van der Waals surface area contributed by atoms with Gasteiger partial charge < -0.3 is 19.3 Å². The molecule has 1 aromatic heterocycles. The molecule has 1 aromatic rings. The Morgan fingerprint density at radius 3 is 2.03 bits per heavy atom. The van der Waals surface area contributed by atoms with E-state index in [0.29, 0.717) is 5.76 Å². The maximum Gasteiger partial charge on any atom is 0.352 e. The zero-order valence-electron chi connectivity index (χ0n) is 20.2. The summed E-state index contributed by atoms with van der Waals surface area (Å²) in [5.74, 6) is 0.654. The van der Waals surface area contributed by atoms with Crippen LogP contribution in [-0.2, 0) is 13.6 Å². The number of ether oxygens (including phenoxy) is 1. The average molecular weight is 454 g/mol. The number of nitrogens with zero attached hydrogens (tertiary/aromatic N) is 2. The highest BCUT2D eigenvalue weighted by molar-refractivity contribution is 6.74. The molecular formula is C21H39N3O4Si2. The Labute approximate surface area is 182 Å². The van der Waals surface area contributed by atoms with E-state index in [-0.39, 0.29) is 15.9 Å². The first-order valence-corrected chi connectivity index (χ1v) is 16.2. The van der Waals surface area contributed by atoms with Crippen LogP contribution in [0.1, 0.15) is 47.8 Å². The van der Waals surface area contributed by atoms with Crippen LogP contribution in [0.25, 0.3) is 0 Å². The third-order valence-electron chi connectivity index (χ3n) is 6.76. The van der Waals surface area contributed by atoms with Gasteiger partial charge in [-0.15, -0.1) is 0 Å². The van der Waals surface area contributed by atoms with Gasteiger partial charge in [-0.2, -0.15) is 4.98 Å². The smallest absolute Gasteiger partial charge is 0.352 e. The summed E-state index contributed by atoms with van der Waals surface area (Å²) in [6, 6.07) is 1.58. The number of rotatable bonds is 5. The fraction of sp³-hybridized carbons (Fsp3) is 0.714. The van der Waals surface area contributed by atoms with E-state index in [4.69, 9.17) is 19.3 Å². The highest BCUT2D eigenvalue weighted by Crippen LogP contribution is 2.46. The second-order valence-corrected chi connectivity index (χ2v) is 20.7. The SMILES string of the molecule is C=C1O[C@@H](n2ccc(N)nc2=O)[C@@H](O[Si](C)(C)C(C)(C)C)[C@@H]1O[Si](C)(C)C(C)(C)C. The number of hydrogen-bond donors (Lipinski definition) is 1. The fourth-order valence-electron chi connectivity index (χ4n) is 2.72. The Hall–Kier alpha value is -1.43. The van der Waals surface area contributed by atoms with Gasteiger partial charge in [-0.1, -0.05) is 48.1 Å². The van der Waals surface area contributed by atoms with Crippen molar-refractivity contribution in [2.45, 2.75) is 96.2 Å². The summed E-state index contributed by atoms with van der Waals surface area (Å²) >= 11 is 0. The number of nitrogen functional groups attached to an aromatic ring is 1. The average Bonchev–Trinajstić information content (AvgIpc) is 2.81. The summed E-state index contributed by atoms with van der Waals surface area (Å²) in [5.41, 5.74) is 5.20. The van der Waals surface area contributed by atoms with Gasteiger partial charge in [-0.3, -0.25) is 4.57 Å². The van der Waals surface area contributed by atoms with E-state index < -0.39 is 40.8 Å². The summed E-state index contributed by atoms with van der Waals surface area (Å²) in [7, 11) is -4.37. The standard InChI is InChI=1S/C21H39N3O4Si2/c1-14-16(27-29(8,9)20(2,3)4)17(28-30(10,11)21(5,6)7)18(26-14)24-13-12-15(22)23-19(24)25/h12-13,16-18H,1H2,2-11H3,(H2,22,23,25)/t16-,17+,18-/m1/s1. The third-order valence-corrected chi connectivity index (χ3v) is 15.7. The molecule has 0 radical (unpaired) electrons. The van der Waals surface area contributed by atoms with Gasteiger partial charge in [0.25, 0.3) is 0 Å². The first-order valence-electron chi connectivity index (χ1n) is 10.4. The van der Waals surface area contributed by atoms with Crippen LogP contribution in [0.15, 0.2) is 29.4 Å². The van der Waals surface area contributed by atoms with E-state index in [2.05, 4.69) is 79.3 Å². The van der Waals surface area contributed by atoms with Crippen molar-refractivity contribution in [3.8, 4) is 0 Å². The van der Waals surface area contributed by atoms with Gasteiger partial charge >= 0.3 is 5.69 Å². The molecule has 0 bridgehead atoms. The van der Waals surface area contributed by atoms with Crippen molar-refractivity contribution < 1.29 is 13.6 Å². The molecule has 1 aliphatic heterocycles. The van der Waals surface area contributed by atoms with Crippen molar-refractivity contribution in [1.82, 2.24) is 9.55 Å². The van der Waals surface area contributed by atoms with Crippen molar-refractivity contribution in [1.29, 1.82) is 0 Å². The lowest BCUT2D eigenvalue weighted by Crippen LogP contribution is -2.52. The van der Waals surface area contributed by atoms with Crippen molar-refractivity contribution in [3.63, 3.8) is 0 Å². The molecular weight excluding hydrogens is 414 g/mol. The van der Waals surface area contributed by atoms with E-state index in [0.717, 1.165) is 0 Å². The molecule has 170 valence electrons. The molecule has 7 nitrogen and oxygen atoms in total. The summed E-state index contributed by atoms with van der Waals surface area (Å²) in [4.78, 5) is 16.4. The quantitative estimate of drug-likeness (QED) is 0.653. The number of anilines is 1. The molecule has 9 heteroatoms. The summed E-state index contributed by atoms with van der Waals surface area (Å²) in [5, 5.41) is -0.0141. The maximum absolute atomic E-state index is 12.6. The molecule has 0 amide bonds. The van der Waals surface area contributed by atoms with Gasteiger partial charge in [0.1, 0.15) is 23.8 Å². The zero-order valence-corrected chi connectivity index (χ0v) is 22.2. The predicted octanol–water partition coefficient (Wildman–Crippen LogP) is 4.65. The van der Waals surface area contributed by atoms with Crippen LogP contribution in [0, 0.1) is 0 Å². The van der Waals surface area contributed by atoms with E-state index in [9.17, 15) is 4.79 Å². The molecule has 2 N–H and O–H groups in total. The maximum atomic E-state index is 12.6. The molecule has 0 spiro atoms. The van der Waals surface area contributed by atoms with Crippen LogP contribution in [0.2, 0.25) is 36.3 Å². The van der Waals surface area contributed by atoms with E-state index >= 15 is 0 Å². The summed E-state index contributed by atoms with van der Waals surface area (Å²) in [6.07, 6.45) is -0.0774. The number of aromatic nitrogens is 2. The second kappa shape index (κ2) is 7.92. The molecule has 1 aliphatic rings. The molecule has 0 aliphatic carbocycles. The van der Waals surface area contributed by atoms with Crippen LogP contribution in [0.4, 0.5) is 5.82 Å².